The Morgan fingerprint density at radius 1 is 0.390 bits per heavy atom. The molecule has 0 aromatic heterocycles. The van der Waals surface area contributed by atoms with E-state index in [4.69, 9.17) is 0 Å². The summed E-state index contributed by atoms with van der Waals surface area (Å²) < 4.78 is 0. The molecule has 0 saturated heterocycles. The van der Waals surface area contributed by atoms with Crippen molar-refractivity contribution < 1.29 is 0 Å². The quantitative estimate of drug-likeness (QED) is 0.182. The maximum atomic E-state index is 3.95. The topological polar surface area (TPSA) is 18.5 Å². The van der Waals surface area contributed by atoms with Gasteiger partial charge in [-0.25, -0.2) is 0 Å². The lowest BCUT2D eigenvalue weighted by Gasteiger charge is -2.44. The van der Waals surface area contributed by atoms with Crippen molar-refractivity contribution >= 4 is 34.1 Å². The summed E-state index contributed by atoms with van der Waals surface area (Å²) in [5.41, 5.74) is 20.2. The van der Waals surface area contributed by atoms with Gasteiger partial charge in [0.1, 0.15) is 6.17 Å². The second-order valence-corrected chi connectivity index (χ2v) is 15.7. The van der Waals surface area contributed by atoms with Crippen LogP contribution in [-0.4, -0.2) is 0 Å². The molecule has 59 heavy (non-hydrogen) atoms. The second kappa shape index (κ2) is 13.2. The molecule has 2 unspecified atom stereocenters. The molecular weight excluding hydrogens is 715 g/mol. The molecule has 1 N–H and O–H groups in total. The Labute approximate surface area is 345 Å². The van der Waals surface area contributed by atoms with Gasteiger partial charge in [0.2, 0.25) is 0 Å². The van der Waals surface area contributed by atoms with Crippen LogP contribution >= 0.6 is 0 Å². The molecule has 0 saturated carbocycles. The zero-order valence-electron chi connectivity index (χ0n) is 32.3. The largest absolute Gasteiger partial charge is 0.359 e. The third kappa shape index (κ3) is 5.01. The van der Waals surface area contributed by atoms with E-state index in [-0.39, 0.29) is 6.17 Å². The minimum atomic E-state index is -0.548. The number of nitrogens with zero attached hydrogens (tertiary/aromatic N) is 2. The van der Waals surface area contributed by atoms with Crippen molar-refractivity contribution in [2.75, 3.05) is 15.1 Å². The number of nitrogens with one attached hydrogen (secondary N) is 1. The third-order valence-electron chi connectivity index (χ3n) is 12.7. The highest BCUT2D eigenvalue weighted by molar-refractivity contribution is 5.99. The van der Waals surface area contributed by atoms with E-state index in [2.05, 4.69) is 240 Å². The Bertz CT molecular complexity index is 2930. The highest BCUT2D eigenvalue weighted by Crippen LogP contribution is 2.66. The molecule has 3 heteroatoms. The van der Waals surface area contributed by atoms with Gasteiger partial charge in [0.05, 0.1) is 16.8 Å². The molecule has 12 rings (SSSR count). The first kappa shape index (κ1) is 33.5. The molecule has 2 aliphatic heterocycles. The van der Waals surface area contributed by atoms with Crippen LogP contribution in [0.5, 0.6) is 0 Å². The average molecular weight is 754 g/mol. The molecule has 0 bridgehead atoms. The lowest BCUT2D eigenvalue weighted by Crippen LogP contribution is -2.37. The van der Waals surface area contributed by atoms with Gasteiger partial charge in [0, 0.05) is 22.7 Å². The minimum absolute atomic E-state index is 0.0264. The lowest BCUT2D eigenvalue weighted by molar-refractivity contribution is 0.720. The van der Waals surface area contributed by atoms with Crippen LogP contribution in [0.15, 0.2) is 224 Å². The van der Waals surface area contributed by atoms with Gasteiger partial charge in [0.25, 0.3) is 0 Å². The number of hydrogen-bond donors (Lipinski definition) is 1. The van der Waals surface area contributed by atoms with Crippen molar-refractivity contribution in [2.45, 2.75) is 11.6 Å². The molecule has 3 nitrogen and oxygen atoms in total. The van der Waals surface area contributed by atoms with Gasteiger partial charge in [-0.2, -0.15) is 0 Å². The maximum absolute atomic E-state index is 3.95. The van der Waals surface area contributed by atoms with Crippen molar-refractivity contribution in [1.29, 1.82) is 0 Å². The van der Waals surface area contributed by atoms with E-state index in [1.807, 2.05) is 0 Å². The Kier molecular flexibility index (Phi) is 7.51. The maximum Gasteiger partial charge on any atom is 0.130 e. The number of para-hydroxylation sites is 2. The first-order chi connectivity index (χ1) is 29.3. The predicted molar refractivity (Wildman–Crippen MR) is 244 cm³/mol. The summed E-state index contributed by atoms with van der Waals surface area (Å²) in [6.07, 6.45) is -0.0264. The molecule has 0 fully saturated rings. The highest BCUT2D eigenvalue weighted by atomic mass is 15.3. The van der Waals surface area contributed by atoms with Gasteiger partial charge < -0.3 is 15.1 Å². The van der Waals surface area contributed by atoms with E-state index in [1.165, 1.54) is 72.6 Å². The molecule has 2 atom stereocenters. The van der Waals surface area contributed by atoms with E-state index < -0.39 is 5.41 Å². The van der Waals surface area contributed by atoms with E-state index in [0.29, 0.717) is 0 Å². The van der Waals surface area contributed by atoms with Crippen LogP contribution in [0.25, 0.3) is 33.4 Å². The first-order valence-electron chi connectivity index (χ1n) is 20.5. The van der Waals surface area contributed by atoms with Crippen molar-refractivity contribution in [3.63, 3.8) is 0 Å². The second-order valence-electron chi connectivity index (χ2n) is 15.7. The van der Waals surface area contributed by atoms with E-state index in [9.17, 15) is 0 Å². The molecule has 3 aliphatic rings. The number of benzene rings is 9. The van der Waals surface area contributed by atoms with Gasteiger partial charge in [-0.3, -0.25) is 0 Å². The van der Waals surface area contributed by atoms with Crippen LogP contribution in [0.4, 0.5) is 34.1 Å². The Morgan fingerprint density at radius 2 is 0.898 bits per heavy atom. The van der Waals surface area contributed by atoms with Crippen LogP contribution in [0.3, 0.4) is 0 Å². The van der Waals surface area contributed by atoms with Gasteiger partial charge in [-0.15, -0.1) is 0 Å². The fourth-order valence-electron chi connectivity index (χ4n) is 10.1. The van der Waals surface area contributed by atoms with Gasteiger partial charge in [-0.05, 0) is 110 Å². The molecule has 9 aromatic carbocycles. The average Bonchev–Trinajstić information content (AvgIpc) is 3.85. The summed E-state index contributed by atoms with van der Waals surface area (Å²) >= 11 is 0. The van der Waals surface area contributed by atoms with Crippen LogP contribution in [0.1, 0.15) is 34.0 Å². The summed E-state index contributed by atoms with van der Waals surface area (Å²) in [7, 11) is 0. The summed E-state index contributed by atoms with van der Waals surface area (Å²) in [4.78, 5) is 4.96. The number of fused-ring (bicyclic) bond motifs is 9. The molecule has 1 aliphatic carbocycles. The Balaban J connectivity index is 1.08. The molecule has 0 amide bonds. The van der Waals surface area contributed by atoms with E-state index >= 15 is 0 Å². The van der Waals surface area contributed by atoms with Crippen molar-refractivity contribution in [3.8, 4) is 33.4 Å². The third-order valence-corrected chi connectivity index (χ3v) is 12.7. The lowest BCUT2D eigenvalue weighted by atomic mass is 9.64. The van der Waals surface area contributed by atoms with Crippen LogP contribution < -0.4 is 15.1 Å². The normalized spacial score (nSPS) is 16.5. The summed E-state index contributed by atoms with van der Waals surface area (Å²) in [6, 6.07) is 82.3. The number of anilines is 6. The Morgan fingerprint density at radius 3 is 1.56 bits per heavy atom. The monoisotopic (exact) mass is 753 g/mol. The summed E-state index contributed by atoms with van der Waals surface area (Å²) in [5, 5.41) is 3.95. The van der Waals surface area contributed by atoms with Crippen molar-refractivity contribution in [3.05, 3.63) is 252 Å². The number of rotatable bonds is 6. The van der Waals surface area contributed by atoms with Gasteiger partial charge in [-0.1, -0.05) is 176 Å². The number of hydrogen-bond acceptors (Lipinski definition) is 3. The summed E-state index contributed by atoms with van der Waals surface area (Å²) in [6.45, 7) is 0. The minimum Gasteiger partial charge on any atom is -0.359 e. The smallest absolute Gasteiger partial charge is 0.130 e. The zero-order chi connectivity index (χ0) is 38.9. The zero-order valence-corrected chi connectivity index (χ0v) is 32.3. The Hall–Kier alpha value is -7.62. The standard InChI is InChI=1S/C56H39N3/c1-4-15-38(16-5-1)40-27-31-43(32-28-40)58(44-33-29-41(30-34-44)39-17-6-2-7-18-39)45-35-36-47-46-21-10-11-22-48(46)56(51(47)37-45)49-23-12-13-26-53(49)59-54-50(56)24-14-25-52(54)57-55(59)42-19-8-3-9-20-42/h1-37,55,57H. The van der Waals surface area contributed by atoms with Crippen molar-refractivity contribution in [1.82, 2.24) is 0 Å². The fraction of sp³-hybridized carbons (Fsp3) is 0.0357. The van der Waals surface area contributed by atoms with Gasteiger partial charge >= 0.3 is 0 Å². The van der Waals surface area contributed by atoms with Crippen LogP contribution in [-0.2, 0) is 5.41 Å². The van der Waals surface area contributed by atoms with Crippen LogP contribution in [0.2, 0.25) is 0 Å². The predicted octanol–water partition coefficient (Wildman–Crippen LogP) is 14.4. The SMILES string of the molecule is c1ccc(-c2ccc(N(c3ccc(-c4ccccc4)cc3)c3ccc4c(c3)C3(c5ccccc5-4)c4ccccc4N4c5c(cccc53)NC4c3ccccc3)cc2)cc1. The molecule has 1 spiro atoms. The van der Waals surface area contributed by atoms with Crippen molar-refractivity contribution in [2.24, 2.45) is 0 Å². The molecule has 9 aromatic rings. The molecule has 0 radical (unpaired) electrons. The fourth-order valence-corrected chi connectivity index (χ4v) is 10.1. The molecular formula is C56H39N3. The van der Waals surface area contributed by atoms with E-state index in [1.54, 1.807) is 0 Å². The highest BCUT2D eigenvalue weighted by Gasteiger charge is 2.54. The molecule has 2 heterocycles. The molecule has 278 valence electrons. The summed E-state index contributed by atoms with van der Waals surface area (Å²) in [5.74, 6) is 0. The first-order valence-corrected chi connectivity index (χ1v) is 20.5. The van der Waals surface area contributed by atoms with Gasteiger partial charge in [0.15, 0.2) is 0 Å². The van der Waals surface area contributed by atoms with Crippen LogP contribution in [0, 0.1) is 0 Å². The van der Waals surface area contributed by atoms with E-state index in [0.717, 1.165) is 22.7 Å².